The van der Waals surface area contributed by atoms with Gasteiger partial charge in [0, 0.05) is 38.6 Å². The van der Waals surface area contributed by atoms with Gasteiger partial charge >= 0.3 is 0 Å². The third-order valence-electron chi connectivity index (χ3n) is 7.87. The number of carbonyl (C=O) groups is 3. The van der Waals surface area contributed by atoms with Crippen LogP contribution in [-0.2, 0) is 19.8 Å². The van der Waals surface area contributed by atoms with Gasteiger partial charge in [-0.25, -0.2) is 0 Å². The smallest absolute Gasteiger partial charge is 0.233 e. The zero-order chi connectivity index (χ0) is 21.6. The first-order valence-electron chi connectivity index (χ1n) is 11.5. The highest BCUT2D eigenvalue weighted by atomic mass is 16.5. The number of amides is 3. The molecular weight excluding hydrogens is 394 g/mol. The van der Waals surface area contributed by atoms with Gasteiger partial charge < -0.3 is 19.9 Å². The van der Waals surface area contributed by atoms with Crippen LogP contribution in [0.25, 0.3) is 0 Å². The van der Waals surface area contributed by atoms with E-state index in [4.69, 9.17) is 4.74 Å². The number of likely N-dealkylation sites (tertiary alicyclic amines) is 2. The van der Waals surface area contributed by atoms with E-state index in [1.165, 1.54) is 0 Å². The van der Waals surface area contributed by atoms with Gasteiger partial charge in [0.2, 0.25) is 17.7 Å². The van der Waals surface area contributed by atoms with Crippen LogP contribution in [-0.4, -0.2) is 66.9 Å². The van der Waals surface area contributed by atoms with Crippen LogP contribution in [0.15, 0.2) is 24.3 Å². The van der Waals surface area contributed by atoms with Gasteiger partial charge in [-0.05, 0) is 56.2 Å². The summed E-state index contributed by atoms with van der Waals surface area (Å²) >= 11 is 0. The lowest BCUT2D eigenvalue weighted by molar-refractivity contribution is -0.156. The Morgan fingerprint density at radius 3 is 2.35 bits per heavy atom. The first-order valence-corrected chi connectivity index (χ1v) is 11.5. The number of fused-ring (bicyclic) bond motifs is 1. The molecule has 0 bridgehead atoms. The minimum absolute atomic E-state index is 0.0199. The van der Waals surface area contributed by atoms with Crippen molar-refractivity contribution in [2.45, 2.75) is 56.4 Å². The highest BCUT2D eigenvalue weighted by Crippen LogP contribution is 2.51. The predicted octanol–water partition coefficient (Wildman–Crippen LogP) is 1.85. The summed E-state index contributed by atoms with van der Waals surface area (Å²) in [6.45, 7) is 2.55. The third-order valence-corrected chi connectivity index (χ3v) is 7.87. The fourth-order valence-corrected chi connectivity index (χ4v) is 5.85. The average molecular weight is 426 g/mol. The van der Waals surface area contributed by atoms with Gasteiger partial charge in [0.25, 0.3) is 0 Å². The number of nitrogens with zero attached hydrogens (tertiary/aromatic N) is 2. The van der Waals surface area contributed by atoms with E-state index in [-0.39, 0.29) is 23.8 Å². The van der Waals surface area contributed by atoms with Crippen LogP contribution in [0.5, 0.6) is 5.75 Å². The fourth-order valence-electron chi connectivity index (χ4n) is 5.85. The second-order valence-corrected chi connectivity index (χ2v) is 9.60. The number of methoxy groups -OCH3 is 1. The molecule has 0 unspecified atom stereocenters. The Morgan fingerprint density at radius 1 is 1.00 bits per heavy atom. The van der Waals surface area contributed by atoms with E-state index in [0.29, 0.717) is 32.4 Å². The average Bonchev–Trinajstić information content (AvgIpc) is 3.43. The lowest BCUT2D eigenvalue weighted by atomic mass is 9.68. The van der Waals surface area contributed by atoms with Crippen LogP contribution in [0.4, 0.5) is 0 Å². The highest BCUT2D eigenvalue weighted by Gasteiger charge is 2.58. The fraction of sp³-hybridized carbons (Fsp3) is 0.625. The van der Waals surface area contributed by atoms with Crippen LogP contribution in [0, 0.1) is 5.41 Å². The highest BCUT2D eigenvalue weighted by molar-refractivity contribution is 5.93. The van der Waals surface area contributed by atoms with E-state index >= 15 is 0 Å². The summed E-state index contributed by atoms with van der Waals surface area (Å²) in [6.07, 6.45) is 5.24. The van der Waals surface area contributed by atoms with Crippen molar-refractivity contribution >= 4 is 17.7 Å². The number of rotatable bonds is 4. The Labute approximate surface area is 183 Å². The van der Waals surface area contributed by atoms with Crippen molar-refractivity contribution in [3.05, 3.63) is 29.8 Å². The minimum atomic E-state index is -0.692. The molecule has 0 aromatic heterocycles. The molecule has 3 aliphatic heterocycles. The summed E-state index contributed by atoms with van der Waals surface area (Å²) in [5.74, 6) is 1.05. The molecule has 0 radical (unpaired) electrons. The molecule has 7 nitrogen and oxygen atoms in total. The molecule has 4 aliphatic rings. The van der Waals surface area contributed by atoms with Crippen LogP contribution < -0.4 is 10.1 Å². The quantitative estimate of drug-likeness (QED) is 0.799. The molecular formula is C24H31N3O4. The maximum absolute atomic E-state index is 13.7. The van der Waals surface area contributed by atoms with Crippen molar-refractivity contribution in [3.63, 3.8) is 0 Å². The third kappa shape index (κ3) is 3.29. The number of hydrogen-bond acceptors (Lipinski definition) is 4. The summed E-state index contributed by atoms with van der Waals surface area (Å²) in [6, 6.07) is 7.61. The van der Waals surface area contributed by atoms with Crippen molar-refractivity contribution in [2.75, 3.05) is 33.3 Å². The minimum Gasteiger partial charge on any atom is -0.497 e. The van der Waals surface area contributed by atoms with Gasteiger partial charge in [-0.1, -0.05) is 12.1 Å². The largest absolute Gasteiger partial charge is 0.497 e. The van der Waals surface area contributed by atoms with Crippen molar-refractivity contribution in [1.82, 2.24) is 15.1 Å². The Hall–Kier alpha value is -2.57. The summed E-state index contributed by atoms with van der Waals surface area (Å²) in [4.78, 5) is 43.4. The van der Waals surface area contributed by atoms with Crippen molar-refractivity contribution in [1.29, 1.82) is 0 Å². The molecule has 1 aliphatic carbocycles. The Balaban J connectivity index is 1.41. The SMILES string of the molecule is COc1ccc(C2(C(=O)N3CC[C@H]4NC(=O)CC[C@]4(C(=O)N4CCCC4)C3)CC2)cc1. The van der Waals surface area contributed by atoms with E-state index in [2.05, 4.69) is 5.32 Å². The number of carbonyl (C=O) groups excluding carboxylic acids is 3. The molecule has 3 amide bonds. The van der Waals surface area contributed by atoms with E-state index in [1.807, 2.05) is 34.1 Å². The van der Waals surface area contributed by atoms with Gasteiger partial charge in [0.15, 0.2) is 0 Å². The number of ether oxygens (including phenoxy) is 1. The molecule has 3 saturated heterocycles. The molecule has 166 valence electrons. The molecule has 1 aromatic carbocycles. The number of piperidine rings is 2. The van der Waals surface area contributed by atoms with Crippen molar-refractivity contribution in [2.24, 2.45) is 5.41 Å². The second-order valence-electron chi connectivity index (χ2n) is 9.60. The molecule has 1 N–H and O–H groups in total. The van der Waals surface area contributed by atoms with E-state index < -0.39 is 10.8 Å². The number of nitrogens with one attached hydrogen (secondary N) is 1. The summed E-state index contributed by atoms with van der Waals surface area (Å²) < 4.78 is 5.26. The standard InChI is InChI=1S/C24H31N3O4/c1-31-18-6-4-17(5-7-18)23(11-12-23)21(29)27-15-9-19-24(16-27,10-8-20(28)25-19)22(30)26-13-2-3-14-26/h4-7,19H,2-3,8-16H2,1H3,(H,25,28)/t19-,24+/m1/s1. The first-order chi connectivity index (χ1) is 15.0. The molecule has 1 saturated carbocycles. The molecule has 1 aromatic rings. The molecule has 3 heterocycles. The summed E-state index contributed by atoms with van der Waals surface area (Å²) in [7, 11) is 1.64. The first kappa shape index (κ1) is 20.3. The van der Waals surface area contributed by atoms with Gasteiger partial charge in [-0.15, -0.1) is 0 Å². The van der Waals surface area contributed by atoms with E-state index in [9.17, 15) is 14.4 Å². The number of hydrogen-bond donors (Lipinski definition) is 1. The predicted molar refractivity (Wildman–Crippen MR) is 115 cm³/mol. The van der Waals surface area contributed by atoms with Gasteiger partial charge in [0.05, 0.1) is 17.9 Å². The van der Waals surface area contributed by atoms with Crippen LogP contribution in [0.2, 0.25) is 0 Å². The van der Waals surface area contributed by atoms with E-state index in [1.54, 1.807) is 7.11 Å². The van der Waals surface area contributed by atoms with Crippen LogP contribution >= 0.6 is 0 Å². The Morgan fingerprint density at radius 2 is 1.71 bits per heavy atom. The van der Waals surface area contributed by atoms with Crippen LogP contribution in [0.3, 0.4) is 0 Å². The molecule has 5 rings (SSSR count). The van der Waals surface area contributed by atoms with Gasteiger partial charge in [-0.2, -0.15) is 0 Å². The Kier molecular flexibility index (Phi) is 4.94. The maximum atomic E-state index is 13.7. The lowest BCUT2D eigenvalue weighted by Gasteiger charge is -2.51. The lowest BCUT2D eigenvalue weighted by Crippen LogP contribution is -2.67. The summed E-state index contributed by atoms with van der Waals surface area (Å²) in [5.41, 5.74) is -0.144. The van der Waals surface area contributed by atoms with Crippen LogP contribution in [0.1, 0.15) is 50.5 Å². The zero-order valence-electron chi connectivity index (χ0n) is 18.2. The normalized spacial score (nSPS) is 29.2. The molecule has 0 spiro atoms. The van der Waals surface area contributed by atoms with Crippen molar-refractivity contribution in [3.8, 4) is 5.75 Å². The topological polar surface area (TPSA) is 79.0 Å². The number of benzene rings is 1. The van der Waals surface area contributed by atoms with Gasteiger partial charge in [0.1, 0.15) is 5.75 Å². The van der Waals surface area contributed by atoms with Gasteiger partial charge in [-0.3, -0.25) is 14.4 Å². The second kappa shape index (κ2) is 7.53. The van der Waals surface area contributed by atoms with E-state index in [0.717, 1.165) is 50.1 Å². The Bertz CT molecular complexity index is 889. The molecule has 31 heavy (non-hydrogen) atoms. The maximum Gasteiger partial charge on any atom is 0.233 e. The molecule has 4 fully saturated rings. The summed E-state index contributed by atoms with van der Waals surface area (Å²) in [5, 5.41) is 3.08. The molecule has 7 heteroatoms. The van der Waals surface area contributed by atoms with Crippen molar-refractivity contribution < 1.29 is 19.1 Å². The zero-order valence-corrected chi connectivity index (χ0v) is 18.2. The molecule has 2 atom stereocenters. The monoisotopic (exact) mass is 425 g/mol.